The van der Waals surface area contributed by atoms with Crippen molar-refractivity contribution < 1.29 is 28.2 Å². The lowest BCUT2D eigenvalue weighted by molar-refractivity contribution is 0.0521. The van der Waals surface area contributed by atoms with E-state index in [-0.39, 0.29) is 25.3 Å². The number of aliphatic hydroxyl groups excluding tert-OH is 2. The van der Waals surface area contributed by atoms with E-state index >= 15 is 0 Å². The second-order valence-corrected chi connectivity index (χ2v) is 6.16. The van der Waals surface area contributed by atoms with Gasteiger partial charge in [-0.3, -0.25) is 5.10 Å². The fourth-order valence-electron chi connectivity index (χ4n) is 1.89. The van der Waals surface area contributed by atoms with Crippen LogP contribution in [0.25, 0.3) is 0 Å². The third-order valence-corrected chi connectivity index (χ3v) is 4.73. The van der Waals surface area contributed by atoms with Crippen molar-refractivity contribution in [2.75, 3.05) is 19.7 Å². The molecule has 2 heterocycles. The first-order valence-electron chi connectivity index (χ1n) is 5.94. The highest BCUT2D eigenvalue weighted by Crippen LogP contribution is 2.22. The van der Waals surface area contributed by atoms with E-state index in [1.54, 1.807) is 6.92 Å². The third kappa shape index (κ3) is 2.54. The summed E-state index contributed by atoms with van der Waals surface area (Å²) in [6.45, 7) is 1.21. The second kappa shape index (κ2) is 5.48. The molecule has 20 heavy (non-hydrogen) atoms. The molecule has 3 N–H and O–H groups in total. The molecule has 2 rings (SSSR count). The summed E-state index contributed by atoms with van der Waals surface area (Å²) >= 11 is 0. The van der Waals surface area contributed by atoms with Gasteiger partial charge in [0, 0.05) is 13.1 Å². The number of hydrogen-bond donors (Lipinski definition) is 3. The fourth-order valence-corrected chi connectivity index (χ4v) is 3.42. The van der Waals surface area contributed by atoms with Crippen molar-refractivity contribution in [2.24, 2.45) is 0 Å². The Morgan fingerprint density at radius 3 is 2.65 bits per heavy atom. The molecule has 1 aliphatic heterocycles. The summed E-state index contributed by atoms with van der Waals surface area (Å²) in [6, 6.07) is 0. The van der Waals surface area contributed by atoms with Crippen molar-refractivity contribution in [2.45, 2.75) is 24.2 Å². The molecule has 0 bridgehead atoms. The van der Waals surface area contributed by atoms with Gasteiger partial charge in [-0.05, 0) is 6.92 Å². The SMILES string of the molecule is CCOC(=O)c1cn[nH]c1S(=O)(=O)N1C[C@@H](O)[C@@H](O)C1. The van der Waals surface area contributed by atoms with Gasteiger partial charge in [-0.15, -0.1) is 0 Å². The van der Waals surface area contributed by atoms with E-state index in [0.717, 1.165) is 10.5 Å². The Morgan fingerprint density at radius 1 is 1.50 bits per heavy atom. The van der Waals surface area contributed by atoms with Gasteiger partial charge in [0.05, 0.1) is 25.0 Å². The molecule has 0 radical (unpaired) electrons. The number of esters is 1. The zero-order chi connectivity index (χ0) is 14.9. The van der Waals surface area contributed by atoms with Gasteiger partial charge in [0.2, 0.25) is 0 Å². The van der Waals surface area contributed by atoms with Gasteiger partial charge in [-0.1, -0.05) is 0 Å². The van der Waals surface area contributed by atoms with Crippen LogP contribution in [-0.2, 0) is 14.8 Å². The van der Waals surface area contributed by atoms with E-state index in [0.29, 0.717) is 0 Å². The number of β-amino-alcohol motifs (C(OH)–C–C–N with tert-alkyl or cyclic N) is 2. The van der Waals surface area contributed by atoms with Gasteiger partial charge in [-0.2, -0.15) is 9.40 Å². The quantitative estimate of drug-likeness (QED) is 0.565. The van der Waals surface area contributed by atoms with Crippen LogP contribution >= 0.6 is 0 Å². The number of hydrogen-bond acceptors (Lipinski definition) is 7. The van der Waals surface area contributed by atoms with Crippen molar-refractivity contribution in [1.82, 2.24) is 14.5 Å². The number of aliphatic hydroxyl groups is 2. The van der Waals surface area contributed by atoms with Crippen molar-refractivity contribution >= 4 is 16.0 Å². The first-order valence-corrected chi connectivity index (χ1v) is 7.38. The van der Waals surface area contributed by atoms with Crippen molar-refractivity contribution in [3.05, 3.63) is 11.8 Å². The molecule has 0 amide bonds. The highest BCUT2D eigenvalue weighted by molar-refractivity contribution is 7.89. The minimum Gasteiger partial charge on any atom is -0.462 e. The predicted molar refractivity (Wildman–Crippen MR) is 65.3 cm³/mol. The maximum atomic E-state index is 12.3. The van der Waals surface area contributed by atoms with E-state index in [1.807, 2.05) is 0 Å². The first kappa shape index (κ1) is 14.9. The summed E-state index contributed by atoms with van der Waals surface area (Å²) in [7, 11) is -4.06. The Kier molecular flexibility index (Phi) is 4.09. The molecule has 0 unspecified atom stereocenters. The molecule has 112 valence electrons. The minimum atomic E-state index is -4.06. The lowest BCUT2D eigenvalue weighted by Crippen LogP contribution is -2.31. The van der Waals surface area contributed by atoms with Crippen LogP contribution in [0.5, 0.6) is 0 Å². The zero-order valence-electron chi connectivity index (χ0n) is 10.7. The van der Waals surface area contributed by atoms with Gasteiger partial charge in [0.15, 0.2) is 5.03 Å². The third-order valence-electron chi connectivity index (χ3n) is 2.92. The number of ether oxygens (including phenoxy) is 1. The molecule has 0 aromatic carbocycles. The highest BCUT2D eigenvalue weighted by atomic mass is 32.2. The van der Waals surface area contributed by atoms with E-state index < -0.39 is 33.2 Å². The summed E-state index contributed by atoms with van der Waals surface area (Å²) in [5.74, 6) is -0.805. The molecular weight excluding hydrogens is 290 g/mol. The molecule has 1 aliphatic rings. The number of carbonyl (C=O) groups is 1. The van der Waals surface area contributed by atoms with E-state index in [4.69, 9.17) is 4.74 Å². The number of aromatic amines is 1. The summed E-state index contributed by atoms with van der Waals surface area (Å²) in [6.07, 6.45) is -1.24. The van der Waals surface area contributed by atoms with Crippen LogP contribution in [0.15, 0.2) is 11.2 Å². The van der Waals surface area contributed by atoms with Gasteiger partial charge >= 0.3 is 5.97 Å². The molecular formula is C10H15N3O6S. The van der Waals surface area contributed by atoms with Gasteiger partial charge in [-0.25, -0.2) is 13.2 Å². The Morgan fingerprint density at radius 2 is 2.10 bits per heavy atom. The largest absolute Gasteiger partial charge is 0.462 e. The molecule has 0 aliphatic carbocycles. The smallest absolute Gasteiger partial charge is 0.342 e. The molecule has 1 aromatic rings. The van der Waals surface area contributed by atoms with Crippen LogP contribution in [0.1, 0.15) is 17.3 Å². The van der Waals surface area contributed by atoms with Crippen molar-refractivity contribution in [3.8, 4) is 0 Å². The molecule has 0 spiro atoms. The lowest BCUT2D eigenvalue weighted by atomic mass is 10.3. The number of rotatable bonds is 4. The molecule has 2 atom stereocenters. The number of carbonyl (C=O) groups excluding carboxylic acids is 1. The number of sulfonamides is 1. The average molecular weight is 305 g/mol. The number of nitrogens with one attached hydrogen (secondary N) is 1. The molecule has 9 nitrogen and oxygen atoms in total. The van der Waals surface area contributed by atoms with Crippen molar-refractivity contribution in [1.29, 1.82) is 0 Å². The van der Waals surface area contributed by atoms with Crippen LogP contribution in [0, 0.1) is 0 Å². The van der Waals surface area contributed by atoms with Crippen LogP contribution in [0.4, 0.5) is 0 Å². The van der Waals surface area contributed by atoms with Gasteiger partial charge in [0.25, 0.3) is 10.0 Å². The van der Waals surface area contributed by atoms with E-state index in [1.165, 1.54) is 0 Å². The molecule has 0 saturated carbocycles. The van der Waals surface area contributed by atoms with Crippen LogP contribution in [-0.4, -0.2) is 71.0 Å². The lowest BCUT2D eigenvalue weighted by Gasteiger charge is -2.14. The van der Waals surface area contributed by atoms with Crippen LogP contribution in [0.3, 0.4) is 0 Å². The summed E-state index contributed by atoms with van der Waals surface area (Å²) in [5.41, 5.74) is -0.206. The van der Waals surface area contributed by atoms with Crippen LogP contribution in [0.2, 0.25) is 0 Å². The fraction of sp³-hybridized carbons (Fsp3) is 0.600. The highest BCUT2D eigenvalue weighted by Gasteiger charge is 2.40. The van der Waals surface area contributed by atoms with E-state index in [9.17, 15) is 23.4 Å². The Labute approximate surface area is 115 Å². The van der Waals surface area contributed by atoms with Gasteiger partial charge < -0.3 is 14.9 Å². The second-order valence-electron chi connectivity index (χ2n) is 4.29. The number of aromatic nitrogens is 2. The molecule has 1 aromatic heterocycles. The topological polar surface area (TPSA) is 133 Å². The predicted octanol–water partition coefficient (Wildman–Crippen LogP) is -1.69. The Bertz CT molecular complexity index is 588. The van der Waals surface area contributed by atoms with Crippen LogP contribution < -0.4 is 0 Å². The summed E-state index contributed by atoms with van der Waals surface area (Å²) in [5, 5.41) is 24.2. The summed E-state index contributed by atoms with van der Waals surface area (Å²) < 4.78 is 30.3. The Hall–Kier alpha value is -1.49. The molecule has 10 heteroatoms. The average Bonchev–Trinajstić information content (AvgIpc) is 2.98. The minimum absolute atomic E-state index is 0.102. The summed E-state index contributed by atoms with van der Waals surface area (Å²) in [4.78, 5) is 11.7. The maximum Gasteiger partial charge on any atom is 0.342 e. The monoisotopic (exact) mass is 305 g/mol. The van der Waals surface area contributed by atoms with Gasteiger partial charge in [0.1, 0.15) is 5.56 Å². The van der Waals surface area contributed by atoms with E-state index in [2.05, 4.69) is 10.2 Å². The maximum absolute atomic E-state index is 12.3. The standard InChI is InChI=1S/C10H15N3O6S/c1-2-19-10(16)6-3-11-12-9(6)20(17,18)13-4-7(14)8(15)5-13/h3,7-8,14-15H,2,4-5H2,1H3,(H,11,12)/t7-,8+. The zero-order valence-corrected chi connectivity index (χ0v) is 11.5. The Balaban J connectivity index is 2.32. The van der Waals surface area contributed by atoms with Crippen molar-refractivity contribution in [3.63, 3.8) is 0 Å². The molecule has 1 fully saturated rings. The number of nitrogens with zero attached hydrogens (tertiary/aromatic N) is 2. The first-order chi connectivity index (χ1) is 9.37. The number of H-pyrrole nitrogens is 1. The molecule has 1 saturated heterocycles. The normalized spacial score (nSPS) is 23.9.